The highest BCUT2D eigenvalue weighted by Gasteiger charge is 2.09. The van der Waals surface area contributed by atoms with Crippen molar-refractivity contribution in [2.75, 3.05) is 0 Å². The average Bonchev–Trinajstić information content (AvgIpc) is 3.07. The molecule has 1 amide bonds. The Hall–Kier alpha value is -2.60. The van der Waals surface area contributed by atoms with Crippen LogP contribution in [-0.4, -0.2) is 15.9 Å². The second-order valence-corrected chi connectivity index (χ2v) is 6.54. The first-order chi connectivity index (χ1) is 12.2. The van der Waals surface area contributed by atoms with Gasteiger partial charge in [0.1, 0.15) is 5.82 Å². The maximum Gasteiger partial charge on any atom is 0.226 e. The fraction of sp³-hybridized carbons (Fsp3) is 0.211. The van der Waals surface area contributed by atoms with Gasteiger partial charge in [0.2, 0.25) is 5.91 Å². The summed E-state index contributed by atoms with van der Waals surface area (Å²) < 4.78 is 13.5. The number of nitrogens with zero attached hydrogens (tertiary/aromatic N) is 2. The van der Waals surface area contributed by atoms with Crippen molar-refractivity contribution in [1.29, 1.82) is 0 Å². The van der Waals surface area contributed by atoms with Crippen molar-refractivity contribution in [3.8, 4) is 0 Å². The standard InChI is InChI=1S/C19H18FN3OS/c20-17-7-2-1-5-14(17)12-22-18(24)11-16-13-25-19(23-16)9-8-15-6-3-4-10-21-15/h1-7,10,13H,8-9,11-12H2,(H,22,24). The van der Waals surface area contributed by atoms with Gasteiger partial charge in [-0.3, -0.25) is 9.78 Å². The number of nitrogens with one attached hydrogen (secondary N) is 1. The van der Waals surface area contributed by atoms with E-state index in [0.717, 1.165) is 29.2 Å². The highest BCUT2D eigenvalue weighted by molar-refractivity contribution is 7.09. The zero-order chi connectivity index (χ0) is 17.5. The Morgan fingerprint density at radius 1 is 1.08 bits per heavy atom. The fourth-order valence-corrected chi connectivity index (χ4v) is 3.19. The molecule has 2 heterocycles. The highest BCUT2D eigenvalue weighted by atomic mass is 32.1. The van der Waals surface area contributed by atoms with Crippen LogP contribution in [0.4, 0.5) is 4.39 Å². The first kappa shape index (κ1) is 17.2. The Morgan fingerprint density at radius 3 is 2.72 bits per heavy atom. The normalized spacial score (nSPS) is 10.6. The van der Waals surface area contributed by atoms with Crippen molar-refractivity contribution < 1.29 is 9.18 Å². The van der Waals surface area contributed by atoms with Crippen molar-refractivity contribution in [3.63, 3.8) is 0 Å². The molecule has 6 heteroatoms. The molecule has 0 bridgehead atoms. The molecule has 0 saturated heterocycles. The Kier molecular flexibility index (Phi) is 5.85. The van der Waals surface area contributed by atoms with Gasteiger partial charge in [-0.15, -0.1) is 11.3 Å². The number of hydrogen-bond donors (Lipinski definition) is 1. The number of aryl methyl sites for hydroxylation is 2. The first-order valence-corrected chi connectivity index (χ1v) is 8.92. The summed E-state index contributed by atoms with van der Waals surface area (Å²) in [5.41, 5.74) is 2.25. The second-order valence-electron chi connectivity index (χ2n) is 5.60. The second kappa shape index (κ2) is 8.48. The molecule has 0 fully saturated rings. The van der Waals surface area contributed by atoms with Crippen LogP contribution in [0.25, 0.3) is 0 Å². The van der Waals surface area contributed by atoms with E-state index < -0.39 is 0 Å². The molecule has 25 heavy (non-hydrogen) atoms. The summed E-state index contributed by atoms with van der Waals surface area (Å²) in [5.74, 6) is -0.474. The van der Waals surface area contributed by atoms with E-state index in [1.54, 1.807) is 35.7 Å². The van der Waals surface area contributed by atoms with Crippen LogP contribution >= 0.6 is 11.3 Å². The third-order valence-corrected chi connectivity index (χ3v) is 4.65. The number of carbonyl (C=O) groups excluding carboxylic acids is 1. The maximum absolute atomic E-state index is 13.5. The van der Waals surface area contributed by atoms with Gasteiger partial charge in [0, 0.05) is 35.8 Å². The summed E-state index contributed by atoms with van der Waals surface area (Å²) in [6, 6.07) is 12.3. The predicted molar refractivity (Wildman–Crippen MR) is 95.7 cm³/mol. The summed E-state index contributed by atoms with van der Waals surface area (Å²) in [4.78, 5) is 20.8. The molecule has 0 saturated carbocycles. The SMILES string of the molecule is O=C(Cc1csc(CCc2ccccn2)n1)NCc1ccccc1F. The molecule has 3 rings (SSSR count). The molecule has 1 aromatic carbocycles. The van der Waals surface area contributed by atoms with Gasteiger partial charge in [-0.2, -0.15) is 0 Å². The molecule has 0 aliphatic heterocycles. The van der Waals surface area contributed by atoms with Gasteiger partial charge in [-0.05, 0) is 24.6 Å². The lowest BCUT2D eigenvalue weighted by Gasteiger charge is -2.05. The number of hydrogen-bond acceptors (Lipinski definition) is 4. The third-order valence-electron chi connectivity index (χ3n) is 3.70. The minimum atomic E-state index is -0.312. The molecule has 0 aliphatic carbocycles. The van der Waals surface area contributed by atoms with Crippen LogP contribution in [0.15, 0.2) is 54.0 Å². The molecule has 3 aromatic rings. The first-order valence-electron chi connectivity index (χ1n) is 8.04. The Bertz CT molecular complexity index is 835. The monoisotopic (exact) mass is 355 g/mol. The van der Waals surface area contributed by atoms with E-state index in [9.17, 15) is 9.18 Å². The lowest BCUT2D eigenvalue weighted by Crippen LogP contribution is -2.25. The molecule has 128 valence electrons. The zero-order valence-corrected chi connectivity index (χ0v) is 14.4. The van der Waals surface area contributed by atoms with E-state index in [1.807, 2.05) is 23.6 Å². The molecule has 0 atom stereocenters. The van der Waals surface area contributed by atoms with Crippen LogP contribution in [0, 0.1) is 5.82 Å². The van der Waals surface area contributed by atoms with Crippen molar-refractivity contribution in [1.82, 2.24) is 15.3 Å². The van der Waals surface area contributed by atoms with Gasteiger partial charge in [-0.25, -0.2) is 9.37 Å². The molecule has 2 aromatic heterocycles. The Morgan fingerprint density at radius 2 is 1.92 bits per heavy atom. The summed E-state index contributed by atoms with van der Waals surface area (Å²) in [6.45, 7) is 0.183. The van der Waals surface area contributed by atoms with Crippen molar-refractivity contribution in [2.45, 2.75) is 25.8 Å². The van der Waals surface area contributed by atoms with E-state index in [1.165, 1.54) is 6.07 Å². The Labute approximate surface area is 149 Å². The van der Waals surface area contributed by atoms with Crippen molar-refractivity contribution in [2.24, 2.45) is 0 Å². The molecule has 0 spiro atoms. The van der Waals surface area contributed by atoms with Crippen LogP contribution < -0.4 is 5.32 Å². The summed E-state index contributed by atoms with van der Waals surface area (Å²) in [5, 5.41) is 5.62. The minimum Gasteiger partial charge on any atom is -0.352 e. The minimum absolute atomic E-state index is 0.162. The number of rotatable bonds is 7. The quantitative estimate of drug-likeness (QED) is 0.707. The lowest BCUT2D eigenvalue weighted by molar-refractivity contribution is -0.120. The molecule has 0 radical (unpaired) electrons. The van der Waals surface area contributed by atoms with Crippen LogP contribution in [0.5, 0.6) is 0 Å². The maximum atomic E-state index is 13.5. The van der Waals surface area contributed by atoms with E-state index >= 15 is 0 Å². The number of halogens is 1. The summed E-state index contributed by atoms with van der Waals surface area (Å²) in [6.07, 6.45) is 3.61. The molecule has 4 nitrogen and oxygen atoms in total. The molecule has 0 aliphatic rings. The van der Waals surface area contributed by atoms with Gasteiger partial charge in [-0.1, -0.05) is 24.3 Å². The average molecular weight is 355 g/mol. The van der Waals surface area contributed by atoms with Crippen LogP contribution in [0.1, 0.15) is 22.0 Å². The van der Waals surface area contributed by atoms with E-state index in [0.29, 0.717) is 5.56 Å². The van der Waals surface area contributed by atoms with E-state index in [4.69, 9.17) is 0 Å². The predicted octanol–water partition coefficient (Wildman–Crippen LogP) is 3.32. The van der Waals surface area contributed by atoms with Crippen LogP contribution in [0.2, 0.25) is 0 Å². The number of benzene rings is 1. The van der Waals surface area contributed by atoms with Gasteiger partial charge < -0.3 is 5.32 Å². The van der Waals surface area contributed by atoms with Gasteiger partial charge in [0.15, 0.2) is 0 Å². The largest absolute Gasteiger partial charge is 0.352 e. The number of carbonyl (C=O) groups is 1. The molecular weight excluding hydrogens is 337 g/mol. The molecule has 0 unspecified atom stereocenters. The summed E-state index contributed by atoms with van der Waals surface area (Å²) in [7, 11) is 0. The highest BCUT2D eigenvalue weighted by Crippen LogP contribution is 2.13. The summed E-state index contributed by atoms with van der Waals surface area (Å²) >= 11 is 1.55. The number of aromatic nitrogens is 2. The number of pyridine rings is 1. The fourth-order valence-electron chi connectivity index (χ4n) is 2.39. The number of thiazole rings is 1. The van der Waals surface area contributed by atoms with Gasteiger partial charge in [0.05, 0.1) is 17.1 Å². The van der Waals surface area contributed by atoms with E-state index in [2.05, 4.69) is 15.3 Å². The zero-order valence-electron chi connectivity index (χ0n) is 13.6. The van der Waals surface area contributed by atoms with Crippen molar-refractivity contribution >= 4 is 17.2 Å². The van der Waals surface area contributed by atoms with Gasteiger partial charge in [0.25, 0.3) is 0 Å². The molecule has 1 N–H and O–H groups in total. The number of amides is 1. The van der Waals surface area contributed by atoms with Crippen LogP contribution in [-0.2, 0) is 30.6 Å². The third kappa shape index (κ3) is 5.19. The lowest BCUT2D eigenvalue weighted by atomic mass is 10.2. The Balaban J connectivity index is 1.47. The van der Waals surface area contributed by atoms with Crippen LogP contribution in [0.3, 0.4) is 0 Å². The van der Waals surface area contributed by atoms with Crippen molar-refractivity contribution in [3.05, 3.63) is 81.8 Å². The smallest absolute Gasteiger partial charge is 0.226 e. The van der Waals surface area contributed by atoms with E-state index in [-0.39, 0.29) is 24.7 Å². The molecular formula is C19H18FN3OS. The topological polar surface area (TPSA) is 54.9 Å². The van der Waals surface area contributed by atoms with Gasteiger partial charge >= 0.3 is 0 Å².